The zero-order valence-corrected chi connectivity index (χ0v) is 11.4. The Morgan fingerprint density at radius 2 is 1.76 bits per heavy atom. The van der Waals surface area contributed by atoms with Gasteiger partial charge in [0, 0.05) is 13.1 Å². The lowest BCUT2D eigenvalue weighted by Gasteiger charge is -2.30. The molecule has 0 aliphatic carbocycles. The summed E-state index contributed by atoms with van der Waals surface area (Å²) in [5, 5.41) is 13.3. The van der Waals surface area contributed by atoms with Gasteiger partial charge in [0.25, 0.3) is 0 Å². The third-order valence-corrected chi connectivity index (χ3v) is 3.67. The fraction of sp³-hybridized carbons (Fsp3) is 0.600. The van der Waals surface area contributed by atoms with Crippen LogP contribution < -0.4 is 5.32 Å². The third-order valence-electron chi connectivity index (χ3n) is 3.67. The van der Waals surface area contributed by atoms with E-state index < -0.39 is 6.10 Å². The van der Waals surface area contributed by atoms with Crippen molar-refractivity contribution in [1.29, 1.82) is 0 Å². The molecule has 1 aromatic carbocycles. The molecule has 0 radical (unpaired) electrons. The summed E-state index contributed by atoms with van der Waals surface area (Å²) in [6.07, 6.45) is -0.417. The molecule has 1 aromatic rings. The predicted molar refractivity (Wildman–Crippen MR) is 72.9 cm³/mol. The van der Waals surface area contributed by atoms with Gasteiger partial charge in [0.05, 0.1) is 6.10 Å². The Hall–Kier alpha value is -0.860. The van der Waals surface area contributed by atoms with Crippen LogP contribution in [0.5, 0.6) is 0 Å². The van der Waals surface area contributed by atoms with Crippen LogP contribution in [-0.2, 0) is 0 Å². The zero-order valence-electron chi connectivity index (χ0n) is 11.4. The molecule has 1 unspecified atom stereocenters. The number of rotatable bonds is 6. The lowest BCUT2D eigenvalue weighted by atomic mass is 9.81. The number of benzene rings is 1. The summed E-state index contributed by atoms with van der Waals surface area (Å²) in [4.78, 5) is 0. The monoisotopic (exact) mass is 235 g/mol. The van der Waals surface area contributed by atoms with E-state index in [1.54, 1.807) is 0 Å². The highest BCUT2D eigenvalue weighted by molar-refractivity contribution is 5.17. The highest BCUT2D eigenvalue weighted by Crippen LogP contribution is 2.24. The van der Waals surface area contributed by atoms with E-state index in [1.807, 2.05) is 30.3 Å². The average molecular weight is 235 g/mol. The van der Waals surface area contributed by atoms with Crippen molar-refractivity contribution in [2.24, 2.45) is 11.3 Å². The van der Waals surface area contributed by atoms with E-state index in [-0.39, 0.29) is 5.41 Å². The number of hydrogen-bond donors (Lipinski definition) is 2. The fourth-order valence-electron chi connectivity index (χ4n) is 1.53. The predicted octanol–water partition coefficient (Wildman–Crippen LogP) is 2.99. The van der Waals surface area contributed by atoms with Crippen LogP contribution in [0.1, 0.15) is 39.4 Å². The van der Waals surface area contributed by atoms with Crippen molar-refractivity contribution in [1.82, 2.24) is 5.32 Å². The molecular weight excluding hydrogens is 210 g/mol. The second-order valence-corrected chi connectivity index (χ2v) is 5.70. The molecule has 0 heterocycles. The van der Waals surface area contributed by atoms with Crippen molar-refractivity contribution in [3.8, 4) is 0 Å². The van der Waals surface area contributed by atoms with Gasteiger partial charge < -0.3 is 10.4 Å². The van der Waals surface area contributed by atoms with Crippen LogP contribution in [0.15, 0.2) is 30.3 Å². The summed E-state index contributed by atoms with van der Waals surface area (Å²) in [6.45, 7) is 10.5. The average Bonchev–Trinajstić information content (AvgIpc) is 2.29. The molecule has 96 valence electrons. The molecule has 1 atom stereocenters. The minimum Gasteiger partial charge on any atom is -0.387 e. The summed E-state index contributed by atoms with van der Waals surface area (Å²) >= 11 is 0. The Morgan fingerprint density at radius 1 is 1.18 bits per heavy atom. The van der Waals surface area contributed by atoms with Gasteiger partial charge in [-0.3, -0.25) is 0 Å². The van der Waals surface area contributed by atoms with Crippen LogP contribution in [0.3, 0.4) is 0 Å². The van der Waals surface area contributed by atoms with Crippen LogP contribution in [0.2, 0.25) is 0 Å². The first kappa shape index (κ1) is 14.2. The second kappa shape index (κ2) is 6.18. The smallest absolute Gasteiger partial charge is 0.0914 e. The van der Waals surface area contributed by atoms with Gasteiger partial charge in [0.15, 0.2) is 0 Å². The Bertz CT molecular complexity index is 319. The maximum atomic E-state index is 9.99. The van der Waals surface area contributed by atoms with Crippen LogP contribution in [0.25, 0.3) is 0 Å². The summed E-state index contributed by atoms with van der Waals surface area (Å²) in [5.41, 5.74) is 1.23. The number of nitrogens with one attached hydrogen (secondary N) is 1. The van der Waals surface area contributed by atoms with Crippen LogP contribution >= 0.6 is 0 Å². The lowest BCUT2D eigenvalue weighted by molar-refractivity contribution is 0.160. The van der Waals surface area contributed by atoms with Gasteiger partial charge in [-0.05, 0) is 16.9 Å². The molecule has 2 heteroatoms. The third kappa shape index (κ3) is 4.49. The van der Waals surface area contributed by atoms with E-state index in [2.05, 4.69) is 33.0 Å². The summed E-state index contributed by atoms with van der Waals surface area (Å²) in [5.74, 6) is 0.629. The van der Waals surface area contributed by atoms with Crippen molar-refractivity contribution >= 4 is 0 Å². The first-order valence-corrected chi connectivity index (χ1v) is 6.37. The minimum absolute atomic E-state index is 0.260. The molecule has 0 aromatic heterocycles. The van der Waals surface area contributed by atoms with Crippen molar-refractivity contribution in [2.75, 3.05) is 13.1 Å². The van der Waals surface area contributed by atoms with Gasteiger partial charge in [-0.2, -0.15) is 0 Å². The highest BCUT2D eigenvalue weighted by Gasteiger charge is 2.21. The molecule has 0 aliphatic rings. The molecule has 0 saturated heterocycles. The first-order chi connectivity index (χ1) is 7.93. The lowest BCUT2D eigenvalue weighted by Crippen LogP contribution is -2.35. The Morgan fingerprint density at radius 3 is 2.29 bits per heavy atom. The molecular formula is C15H25NO. The minimum atomic E-state index is -0.417. The van der Waals surface area contributed by atoms with Crippen molar-refractivity contribution < 1.29 is 5.11 Å². The van der Waals surface area contributed by atoms with Crippen molar-refractivity contribution in [3.63, 3.8) is 0 Å². The Labute approximate surface area is 105 Å². The molecule has 0 bridgehead atoms. The highest BCUT2D eigenvalue weighted by atomic mass is 16.3. The van der Waals surface area contributed by atoms with Crippen LogP contribution in [0.4, 0.5) is 0 Å². The molecule has 2 N–H and O–H groups in total. The van der Waals surface area contributed by atoms with E-state index in [4.69, 9.17) is 0 Å². The molecule has 2 nitrogen and oxygen atoms in total. The molecule has 0 saturated carbocycles. The molecule has 0 fully saturated rings. The number of aliphatic hydroxyl groups excluding tert-OH is 1. The van der Waals surface area contributed by atoms with Crippen LogP contribution in [-0.4, -0.2) is 18.2 Å². The maximum Gasteiger partial charge on any atom is 0.0914 e. The van der Waals surface area contributed by atoms with E-state index in [9.17, 15) is 5.11 Å². The van der Waals surface area contributed by atoms with Crippen LogP contribution in [0, 0.1) is 11.3 Å². The van der Waals surface area contributed by atoms with E-state index in [1.165, 1.54) is 0 Å². The number of aliphatic hydroxyl groups is 1. The zero-order chi connectivity index (χ0) is 12.9. The topological polar surface area (TPSA) is 32.3 Å². The standard InChI is InChI=1S/C15H25NO/c1-12(2)15(3,4)11-16-10-14(17)13-8-6-5-7-9-13/h5-9,12,14,16-17H,10-11H2,1-4H3. The largest absolute Gasteiger partial charge is 0.387 e. The Balaban J connectivity index is 2.37. The Kier molecular flexibility index (Phi) is 5.16. The maximum absolute atomic E-state index is 9.99. The van der Waals surface area contributed by atoms with Gasteiger partial charge in [0.1, 0.15) is 0 Å². The quantitative estimate of drug-likeness (QED) is 0.794. The number of hydrogen-bond acceptors (Lipinski definition) is 2. The molecule has 0 amide bonds. The molecule has 17 heavy (non-hydrogen) atoms. The van der Waals surface area contributed by atoms with Gasteiger partial charge >= 0.3 is 0 Å². The summed E-state index contributed by atoms with van der Waals surface area (Å²) in [6, 6.07) is 9.79. The molecule has 0 spiro atoms. The SMILES string of the molecule is CC(C)C(C)(C)CNCC(O)c1ccccc1. The first-order valence-electron chi connectivity index (χ1n) is 6.37. The van der Waals surface area contributed by atoms with Gasteiger partial charge in [-0.1, -0.05) is 58.0 Å². The van der Waals surface area contributed by atoms with Gasteiger partial charge in [-0.15, -0.1) is 0 Å². The van der Waals surface area contributed by atoms with E-state index in [0.29, 0.717) is 12.5 Å². The van der Waals surface area contributed by atoms with Crippen molar-refractivity contribution in [2.45, 2.75) is 33.8 Å². The molecule has 0 aliphatic heterocycles. The summed E-state index contributed by atoms with van der Waals surface area (Å²) < 4.78 is 0. The van der Waals surface area contributed by atoms with Gasteiger partial charge in [0.2, 0.25) is 0 Å². The second-order valence-electron chi connectivity index (χ2n) is 5.70. The van der Waals surface area contributed by atoms with E-state index >= 15 is 0 Å². The normalized spacial score (nSPS) is 14.0. The summed E-state index contributed by atoms with van der Waals surface area (Å²) in [7, 11) is 0. The van der Waals surface area contributed by atoms with Crippen molar-refractivity contribution in [3.05, 3.63) is 35.9 Å². The van der Waals surface area contributed by atoms with Gasteiger partial charge in [-0.25, -0.2) is 0 Å². The van der Waals surface area contributed by atoms with E-state index in [0.717, 1.165) is 12.1 Å². The molecule has 1 rings (SSSR count). The fourth-order valence-corrected chi connectivity index (χ4v) is 1.53.